The van der Waals surface area contributed by atoms with Gasteiger partial charge >= 0.3 is 5.97 Å². The molecule has 1 spiro atoms. The van der Waals surface area contributed by atoms with Gasteiger partial charge in [-0.3, -0.25) is 4.79 Å². The van der Waals surface area contributed by atoms with Gasteiger partial charge in [0, 0.05) is 18.9 Å². The van der Waals surface area contributed by atoms with Crippen LogP contribution in [0.2, 0.25) is 0 Å². The fourth-order valence-corrected chi connectivity index (χ4v) is 6.15. The van der Waals surface area contributed by atoms with Gasteiger partial charge in [0.15, 0.2) is 11.5 Å². The van der Waals surface area contributed by atoms with Crippen LogP contribution < -0.4 is 9.47 Å². The van der Waals surface area contributed by atoms with Gasteiger partial charge in [0.05, 0.1) is 20.8 Å². The average Bonchev–Trinajstić information content (AvgIpc) is 3.45. The Morgan fingerprint density at radius 2 is 1.85 bits per heavy atom. The molecule has 3 aliphatic rings. The number of piperidine rings is 1. The molecule has 2 aliphatic heterocycles. The lowest BCUT2D eigenvalue weighted by atomic mass is 9.77. The molecule has 0 N–H and O–H groups in total. The van der Waals surface area contributed by atoms with E-state index in [0.29, 0.717) is 30.9 Å². The van der Waals surface area contributed by atoms with Crippen LogP contribution in [0.1, 0.15) is 37.3 Å². The van der Waals surface area contributed by atoms with Crippen molar-refractivity contribution in [3.63, 3.8) is 0 Å². The minimum atomic E-state index is -1.54. The first kappa shape index (κ1) is 22.7. The lowest BCUT2D eigenvalue weighted by Gasteiger charge is -2.39. The van der Waals surface area contributed by atoms with Crippen LogP contribution >= 0.6 is 0 Å². The van der Waals surface area contributed by atoms with E-state index >= 15 is 0 Å². The van der Waals surface area contributed by atoms with Gasteiger partial charge in [-0.25, -0.2) is 4.79 Å². The SMILES string of the molecule is CCOC(=O)[C@@]12C[C@H]3[C@H](Cc4ccc(OC)c(OC)c4)CC[C@]3(O1)N(Cc1ccccc1)C2=O. The van der Waals surface area contributed by atoms with Crippen molar-refractivity contribution in [2.45, 2.75) is 50.5 Å². The third kappa shape index (κ3) is 3.36. The Kier molecular flexibility index (Phi) is 5.76. The van der Waals surface area contributed by atoms with Crippen LogP contribution in [0.5, 0.6) is 11.5 Å². The fraction of sp³-hybridized carbons (Fsp3) is 0.481. The zero-order valence-electron chi connectivity index (χ0n) is 19.9. The molecule has 7 heteroatoms. The van der Waals surface area contributed by atoms with E-state index in [-0.39, 0.29) is 24.3 Å². The van der Waals surface area contributed by atoms with Crippen molar-refractivity contribution in [1.82, 2.24) is 4.90 Å². The summed E-state index contributed by atoms with van der Waals surface area (Å²) >= 11 is 0. The first-order valence-electron chi connectivity index (χ1n) is 11.9. The van der Waals surface area contributed by atoms with Crippen molar-refractivity contribution >= 4 is 11.9 Å². The largest absolute Gasteiger partial charge is 0.493 e. The maximum Gasteiger partial charge on any atom is 0.348 e. The van der Waals surface area contributed by atoms with Crippen molar-refractivity contribution in [3.8, 4) is 11.5 Å². The van der Waals surface area contributed by atoms with E-state index in [1.807, 2.05) is 47.4 Å². The molecule has 2 bridgehead atoms. The molecule has 2 heterocycles. The van der Waals surface area contributed by atoms with Crippen molar-refractivity contribution in [2.24, 2.45) is 11.8 Å². The fourth-order valence-electron chi connectivity index (χ4n) is 6.15. The van der Waals surface area contributed by atoms with Crippen LogP contribution in [0.3, 0.4) is 0 Å². The molecule has 0 aromatic heterocycles. The zero-order valence-corrected chi connectivity index (χ0v) is 19.9. The molecule has 0 unspecified atom stereocenters. The van der Waals surface area contributed by atoms with Gasteiger partial charge in [0.1, 0.15) is 5.72 Å². The van der Waals surface area contributed by atoms with Gasteiger partial charge in [-0.05, 0) is 55.4 Å². The van der Waals surface area contributed by atoms with Crippen LogP contribution in [0.15, 0.2) is 48.5 Å². The first-order valence-corrected chi connectivity index (χ1v) is 11.9. The number of esters is 1. The minimum absolute atomic E-state index is 0.0476. The van der Waals surface area contributed by atoms with E-state index < -0.39 is 17.3 Å². The maximum absolute atomic E-state index is 13.6. The number of rotatable bonds is 8. The molecule has 1 saturated carbocycles. The van der Waals surface area contributed by atoms with Gasteiger partial charge in [-0.1, -0.05) is 36.4 Å². The number of likely N-dealkylation sites (tertiary alicyclic amines) is 1. The predicted octanol–water partition coefficient (Wildman–Crippen LogP) is 3.73. The second kappa shape index (κ2) is 8.62. The highest BCUT2D eigenvalue weighted by molar-refractivity contribution is 6.08. The highest BCUT2D eigenvalue weighted by Crippen LogP contribution is 2.62. The van der Waals surface area contributed by atoms with Gasteiger partial charge in [-0.15, -0.1) is 0 Å². The number of methoxy groups -OCH3 is 2. The molecule has 4 atom stereocenters. The second-order valence-electron chi connectivity index (χ2n) is 9.37. The molecule has 34 heavy (non-hydrogen) atoms. The Bertz CT molecular complexity index is 1090. The summed E-state index contributed by atoms with van der Waals surface area (Å²) in [5.41, 5.74) is -0.164. The predicted molar refractivity (Wildman–Crippen MR) is 124 cm³/mol. The molecule has 180 valence electrons. The van der Waals surface area contributed by atoms with E-state index in [9.17, 15) is 9.59 Å². The summed E-state index contributed by atoms with van der Waals surface area (Å²) < 4.78 is 22.7. The highest BCUT2D eigenvalue weighted by Gasteiger charge is 2.76. The molecule has 2 aromatic carbocycles. The minimum Gasteiger partial charge on any atom is -0.493 e. The van der Waals surface area contributed by atoms with Crippen molar-refractivity contribution in [2.75, 3.05) is 20.8 Å². The second-order valence-corrected chi connectivity index (χ2v) is 9.37. The topological polar surface area (TPSA) is 74.3 Å². The smallest absolute Gasteiger partial charge is 0.348 e. The lowest BCUT2D eigenvalue weighted by molar-refractivity contribution is -0.172. The van der Waals surface area contributed by atoms with Gasteiger partial charge in [-0.2, -0.15) is 0 Å². The first-order chi connectivity index (χ1) is 16.5. The number of nitrogens with zero attached hydrogens (tertiary/aromatic N) is 1. The number of hydrogen-bond acceptors (Lipinski definition) is 6. The van der Waals surface area contributed by atoms with Gasteiger partial charge in [0.25, 0.3) is 5.91 Å². The molecule has 1 aliphatic carbocycles. The molecule has 7 nitrogen and oxygen atoms in total. The average molecular weight is 466 g/mol. The molecule has 2 saturated heterocycles. The van der Waals surface area contributed by atoms with E-state index in [1.54, 1.807) is 21.1 Å². The molecule has 0 radical (unpaired) electrons. The Balaban J connectivity index is 1.46. The number of ether oxygens (including phenoxy) is 4. The summed E-state index contributed by atoms with van der Waals surface area (Å²) in [6.07, 6.45) is 2.79. The maximum atomic E-state index is 13.6. The van der Waals surface area contributed by atoms with E-state index in [0.717, 1.165) is 24.0 Å². The molecular formula is C27H31NO6. The monoisotopic (exact) mass is 465 g/mol. The number of benzene rings is 2. The third-order valence-electron chi connectivity index (χ3n) is 7.66. The van der Waals surface area contributed by atoms with Crippen LogP contribution in [0.25, 0.3) is 0 Å². The number of carbonyl (C=O) groups excluding carboxylic acids is 2. The number of carbonyl (C=O) groups is 2. The van der Waals surface area contributed by atoms with Crippen molar-refractivity contribution in [1.29, 1.82) is 0 Å². The number of fused-ring (bicyclic) bond motifs is 1. The van der Waals surface area contributed by atoms with Crippen LogP contribution in [0, 0.1) is 11.8 Å². The van der Waals surface area contributed by atoms with Gasteiger partial charge in [0.2, 0.25) is 5.60 Å². The molecule has 5 rings (SSSR count). The van der Waals surface area contributed by atoms with Crippen molar-refractivity contribution in [3.05, 3.63) is 59.7 Å². The number of amides is 1. The van der Waals surface area contributed by atoms with Crippen molar-refractivity contribution < 1.29 is 28.5 Å². The molecule has 1 amide bonds. The molecular weight excluding hydrogens is 434 g/mol. The summed E-state index contributed by atoms with van der Waals surface area (Å²) in [5.74, 6) is 0.873. The normalized spacial score (nSPS) is 29.3. The quantitative estimate of drug-likeness (QED) is 0.437. The van der Waals surface area contributed by atoms with Crippen LogP contribution in [0.4, 0.5) is 0 Å². The van der Waals surface area contributed by atoms with Gasteiger partial charge < -0.3 is 23.8 Å². The third-order valence-corrected chi connectivity index (χ3v) is 7.66. The summed E-state index contributed by atoms with van der Waals surface area (Å²) in [6, 6.07) is 15.8. The zero-order chi connectivity index (χ0) is 23.9. The Morgan fingerprint density at radius 3 is 2.56 bits per heavy atom. The Hall–Kier alpha value is -3.06. The van der Waals surface area contributed by atoms with Crippen LogP contribution in [-0.2, 0) is 32.0 Å². The number of hydrogen-bond donors (Lipinski definition) is 0. The summed E-state index contributed by atoms with van der Waals surface area (Å²) in [7, 11) is 3.25. The Labute approximate surface area is 199 Å². The standard InChI is InChI=1S/C27H31NO6/c1-4-33-25(30)26-16-21-20(14-19-10-11-22(31-2)23(15-19)32-3)12-13-27(21,34-26)28(24(26)29)17-18-8-6-5-7-9-18/h5-11,15,20-21H,4,12-14,16-17H2,1-3H3/t20-,21-,26-,27+/m0/s1. The summed E-state index contributed by atoms with van der Waals surface area (Å²) in [5, 5.41) is 0. The van der Waals surface area contributed by atoms with Crippen LogP contribution in [-0.4, -0.2) is 48.9 Å². The Morgan fingerprint density at radius 1 is 1.09 bits per heavy atom. The molecule has 2 aromatic rings. The highest BCUT2D eigenvalue weighted by atomic mass is 16.6. The van der Waals surface area contributed by atoms with E-state index in [4.69, 9.17) is 18.9 Å². The lowest BCUT2D eigenvalue weighted by Crippen LogP contribution is -2.56. The summed E-state index contributed by atoms with van der Waals surface area (Å²) in [6.45, 7) is 2.38. The van der Waals surface area contributed by atoms with E-state index in [1.165, 1.54) is 0 Å². The molecule has 3 fully saturated rings. The van der Waals surface area contributed by atoms with E-state index in [2.05, 4.69) is 6.07 Å². The summed E-state index contributed by atoms with van der Waals surface area (Å²) in [4.78, 5) is 28.5.